The first-order valence-electron chi connectivity index (χ1n) is 10.3. The van der Waals surface area contributed by atoms with Crippen molar-refractivity contribution in [3.63, 3.8) is 0 Å². The zero-order chi connectivity index (χ0) is 20.5. The van der Waals surface area contributed by atoms with Gasteiger partial charge in [-0.15, -0.1) is 0 Å². The highest BCUT2D eigenvalue weighted by Crippen LogP contribution is 2.31. The van der Waals surface area contributed by atoms with E-state index in [1.165, 1.54) is 11.1 Å². The SMILES string of the molecule is O=C(NC[C@H]1CCCO1)[C@H](Nc1ccc2c(c1)CNC2)c1cc(Cl)cc2[nH]ncc12. The van der Waals surface area contributed by atoms with Crippen molar-refractivity contribution < 1.29 is 9.53 Å². The van der Waals surface area contributed by atoms with E-state index in [9.17, 15) is 4.79 Å². The van der Waals surface area contributed by atoms with Crippen molar-refractivity contribution >= 4 is 34.1 Å². The Kier molecular flexibility index (Phi) is 5.33. The Morgan fingerprint density at radius 3 is 3.03 bits per heavy atom. The zero-order valence-electron chi connectivity index (χ0n) is 16.5. The number of carbonyl (C=O) groups excluding carboxylic acids is 1. The van der Waals surface area contributed by atoms with Gasteiger partial charge in [-0.3, -0.25) is 9.89 Å². The van der Waals surface area contributed by atoms with E-state index in [1.807, 2.05) is 18.2 Å². The molecule has 0 radical (unpaired) electrons. The van der Waals surface area contributed by atoms with Gasteiger partial charge < -0.3 is 20.7 Å². The van der Waals surface area contributed by atoms with E-state index in [0.29, 0.717) is 11.6 Å². The first-order valence-corrected chi connectivity index (χ1v) is 10.7. The lowest BCUT2D eigenvalue weighted by Gasteiger charge is -2.22. The lowest BCUT2D eigenvalue weighted by molar-refractivity contribution is -0.122. The number of aromatic amines is 1. The molecule has 1 fully saturated rings. The monoisotopic (exact) mass is 425 g/mol. The number of hydrogen-bond donors (Lipinski definition) is 4. The maximum atomic E-state index is 13.3. The van der Waals surface area contributed by atoms with E-state index in [1.54, 1.807) is 6.20 Å². The van der Waals surface area contributed by atoms with Crippen LogP contribution < -0.4 is 16.0 Å². The Morgan fingerprint density at radius 1 is 1.27 bits per heavy atom. The maximum absolute atomic E-state index is 13.3. The van der Waals surface area contributed by atoms with Crippen LogP contribution in [-0.4, -0.2) is 35.4 Å². The normalized spacial score (nSPS) is 19.0. The van der Waals surface area contributed by atoms with E-state index in [4.69, 9.17) is 16.3 Å². The van der Waals surface area contributed by atoms with Gasteiger partial charge in [0.05, 0.1) is 17.8 Å². The molecule has 156 valence electrons. The summed E-state index contributed by atoms with van der Waals surface area (Å²) in [5, 5.41) is 18.3. The van der Waals surface area contributed by atoms with Gasteiger partial charge in [0.15, 0.2) is 0 Å². The molecule has 0 unspecified atom stereocenters. The Morgan fingerprint density at radius 2 is 2.17 bits per heavy atom. The van der Waals surface area contributed by atoms with Crippen molar-refractivity contribution in [1.82, 2.24) is 20.8 Å². The van der Waals surface area contributed by atoms with Crippen molar-refractivity contribution in [2.75, 3.05) is 18.5 Å². The van der Waals surface area contributed by atoms with Crippen molar-refractivity contribution in [2.24, 2.45) is 0 Å². The van der Waals surface area contributed by atoms with Crippen LogP contribution in [0.3, 0.4) is 0 Å². The van der Waals surface area contributed by atoms with Gasteiger partial charge in [0.25, 0.3) is 0 Å². The van der Waals surface area contributed by atoms with Gasteiger partial charge in [-0.1, -0.05) is 17.7 Å². The predicted octanol–water partition coefficient (Wildman–Crippen LogP) is 3.27. The second-order valence-corrected chi connectivity index (χ2v) is 8.31. The summed E-state index contributed by atoms with van der Waals surface area (Å²) >= 11 is 6.35. The van der Waals surface area contributed by atoms with Crippen LogP contribution >= 0.6 is 11.6 Å². The van der Waals surface area contributed by atoms with Crippen molar-refractivity contribution in [3.8, 4) is 0 Å². The molecule has 4 N–H and O–H groups in total. The molecule has 3 aromatic rings. The average molecular weight is 426 g/mol. The lowest BCUT2D eigenvalue weighted by Crippen LogP contribution is -2.38. The molecular formula is C22H24ClN5O2. The number of ether oxygens (including phenoxy) is 1. The topological polar surface area (TPSA) is 91.1 Å². The van der Waals surface area contributed by atoms with E-state index in [-0.39, 0.29) is 12.0 Å². The molecule has 0 spiro atoms. The number of fused-ring (bicyclic) bond motifs is 2. The second-order valence-electron chi connectivity index (χ2n) is 7.87. The molecule has 3 heterocycles. The average Bonchev–Trinajstić information content (AvgIpc) is 3.50. The number of nitrogens with zero attached hydrogens (tertiary/aromatic N) is 1. The molecule has 5 rings (SSSR count). The smallest absolute Gasteiger partial charge is 0.247 e. The minimum atomic E-state index is -0.613. The highest BCUT2D eigenvalue weighted by molar-refractivity contribution is 6.31. The number of nitrogens with one attached hydrogen (secondary N) is 4. The summed E-state index contributed by atoms with van der Waals surface area (Å²) in [6.07, 6.45) is 3.82. The van der Waals surface area contributed by atoms with E-state index >= 15 is 0 Å². The van der Waals surface area contributed by atoms with Crippen molar-refractivity contribution in [1.29, 1.82) is 0 Å². The summed E-state index contributed by atoms with van der Waals surface area (Å²) < 4.78 is 5.66. The number of amides is 1. The lowest BCUT2D eigenvalue weighted by atomic mass is 10.0. The number of anilines is 1. The van der Waals surface area contributed by atoms with Crippen LogP contribution in [0, 0.1) is 0 Å². The second kappa shape index (κ2) is 8.26. The molecule has 2 aliphatic heterocycles. The van der Waals surface area contributed by atoms with Crippen LogP contribution in [0.2, 0.25) is 5.02 Å². The van der Waals surface area contributed by atoms with E-state index in [2.05, 4.69) is 38.3 Å². The number of carbonyl (C=O) groups is 1. The van der Waals surface area contributed by atoms with Crippen LogP contribution in [0.1, 0.15) is 35.6 Å². The molecule has 0 saturated carbocycles. The Labute approximate surface area is 179 Å². The molecule has 2 aromatic carbocycles. The first-order chi connectivity index (χ1) is 14.7. The quantitative estimate of drug-likeness (QED) is 0.486. The predicted molar refractivity (Wildman–Crippen MR) is 116 cm³/mol. The number of halogens is 1. The molecule has 1 aromatic heterocycles. The number of H-pyrrole nitrogens is 1. The fourth-order valence-electron chi connectivity index (χ4n) is 4.24. The summed E-state index contributed by atoms with van der Waals surface area (Å²) in [6.45, 7) is 2.98. The fourth-order valence-corrected chi connectivity index (χ4v) is 4.47. The van der Waals surface area contributed by atoms with Gasteiger partial charge in [-0.05, 0) is 53.8 Å². The summed E-state index contributed by atoms with van der Waals surface area (Å²) in [5.41, 5.74) is 5.02. The Bertz CT molecular complexity index is 1080. The van der Waals surface area contributed by atoms with Gasteiger partial charge in [0.1, 0.15) is 6.04 Å². The molecule has 8 heteroatoms. The maximum Gasteiger partial charge on any atom is 0.247 e. The largest absolute Gasteiger partial charge is 0.376 e. The van der Waals surface area contributed by atoms with Crippen molar-refractivity contribution in [3.05, 3.63) is 58.2 Å². The van der Waals surface area contributed by atoms with Crippen LogP contribution in [0.25, 0.3) is 10.9 Å². The fraction of sp³-hybridized carbons (Fsp3) is 0.364. The molecule has 2 atom stereocenters. The van der Waals surface area contributed by atoms with Crippen LogP contribution in [0.4, 0.5) is 5.69 Å². The Balaban J connectivity index is 1.46. The number of benzene rings is 2. The van der Waals surface area contributed by atoms with Gasteiger partial charge in [0.2, 0.25) is 5.91 Å². The number of rotatable bonds is 6. The Hall–Kier alpha value is -2.61. The molecule has 2 aliphatic rings. The van der Waals surface area contributed by atoms with Gasteiger partial charge >= 0.3 is 0 Å². The zero-order valence-corrected chi connectivity index (χ0v) is 17.3. The van der Waals surface area contributed by atoms with Crippen LogP contribution in [-0.2, 0) is 22.6 Å². The molecule has 1 saturated heterocycles. The molecular weight excluding hydrogens is 402 g/mol. The van der Waals surface area contributed by atoms with Crippen LogP contribution in [0.15, 0.2) is 36.5 Å². The van der Waals surface area contributed by atoms with Gasteiger partial charge in [0, 0.05) is 42.3 Å². The van der Waals surface area contributed by atoms with E-state index in [0.717, 1.165) is 54.7 Å². The summed E-state index contributed by atoms with van der Waals surface area (Å²) in [6, 6.07) is 9.26. The molecule has 0 aliphatic carbocycles. The summed E-state index contributed by atoms with van der Waals surface area (Å²) in [7, 11) is 0. The van der Waals surface area contributed by atoms with Crippen LogP contribution in [0.5, 0.6) is 0 Å². The van der Waals surface area contributed by atoms with Crippen molar-refractivity contribution in [2.45, 2.75) is 38.1 Å². The first kappa shape index (κ1) is 19.4. The number of aromatic nitrogens is 2. The highest BCUT2D eigenvalue weighted by Gasteiger charge is 2.26. The minimum Gasteiger partial charge on any atom is -0.376 e. The summed E-state index contributed by atoms with van der Waals surface area (Å²) in [4.78, 5) is 13.3. The van der Waals surface area contributed by atoms with Gasteiger partial charge in [-0.2, -0.15) is 5.10 Å². The van der Waals surface area contributed by atoms with Gasteiger partial charge in [-0.25, -0.2) is 0 Å². The third kappa shape index (κ3) is 3.88. The molecule has 30 heavy (non-hydrogen) atoms. The molecule has 1 amide bonds. The summed E-state index contributed by atoms with van der Waals surface area (Å²) in [5.74, 6) is -0.117. The third-order valence-electron chi connectivity index (χ3n) is 5.80. The standard InChI is InChI=1S/C22H24ClN5O2/c23-15-7-18(19-12-26-28-20(19)8-15)21(22(29)25-11-17-2-1-5-30-17)27-16-4-3-13-9-24-10-14(13)6-16/h3-4,6-8,12,17,21,24,27H,1-2,5,9-11H2,(H,25,29)(H,26,28)/t17-,21-/m1/s1. The minimum absolute atomic E-state index is 0.0778. The number of hydrogen-bond acceptors (Lipinski definition) is 5. The third-order valence-corrected chi connectivity index (χ3v) is 6.02. The molecule has 7 nitrogen and oxygen atoms in total. The highest BCUT2D eigenvalue weighted by atomic mass is 35.5. The van der Waals surface area contributed by atoms with E-state index < -0.39 is 6.04 Å². The molecule has 0 bridgehead atoms.